The van der Waals surface area contributed by atoms with Crippen molar-refractivity contribution in [2.24, 2.45) is 10.9 Å². The zero-order valence-electron chi connectivity index (χ0n) is 15.8. The molecule has 6 heteroatoms. The average molecular weight is 460 g/mol. The molecule has 0 heterocycles. The molecule has 0 atom stereocenters. The number of ether oxygens (including phenoxy) is 1. The number of benzene rings is 1. The zero-order valence-corrected chi connectivity index (χ0v) is 18.1. The highest BCUT2D eigenvalue weighted by atomic mass is 127. The second kappa shape index (κ2) is 12.4. The van der Waals surface area contributed by atoms with Gasteiger partial charge in [-0.2, -0.15) is 0 Å². The Kier molecular flexibility index (Phi) is 10.9. The summed E-state index contributed by atoms with van der Waals surface area (Å²) in [5.74, 6) is 2.65. The first kappa shape index (κ1) is 22.0. The number of nitrogens with one attached hydrogen (secondary N) is 2. The first-order valence-corrected chi connectivity index (χ1v) is 9.14. The largest absolute Gasteiger partial charge is 0.492 e. The maximum Gasteiger partial charge on any atom is 0.191 e. The molecule has 0 spiro atoms. The third-order valence-corrected chi connectivity index (χ3v) is 4.46. The van der Waals surface area contributed by atoms with Crippen molar-refractivity contribution >= 4 is 29.9 Å². The fraction of sp³-hybridized carbons (Fsp3) is 0.632. The third kappa shape index (κ3) is 8.27. The maximum absolute atomic E-state index is 6.00. The van der Waals surface area contributed by atoms with E-state index in [1.54, 1.807) is 0 Å². The first-order chi connectivity index (χ1) is 11.8. The molecule has 0 radical (unpaired) electrons. The summed E-state index contributed by atoms with van der Waals surface area (Å²) in [6.45, 7) is 9.89. The van der Waals surface area contributed by atoms with Crippen LogP contribution in [0.1, 0.15) is 32.3 Å². The molecule has 1 saturated carbocycles. The van der Waals surface area contributed by atoms with Gasteiger partial charge in [0.25, 0.3) is 0 Å². The van der Waals surface area contributed by atoms with Gasteiger partial charge >= 0.3 is 0 Å². The Bertz CT molecular complexity index is 516. The number of rotatable bonds is 10. The summed E-state index contributed by atoms with van der Waals surface area (Å²) in [6, 6.07) is 8.22. The van der Waals surface area contributed by atoms with Gasteiger partial charge in [0, 0.05) is 32.2 Å². The second-order valence-corrected chi connectivity index (χ2v) is 6.23. The molecular formula is C19H33IN4O. The summed E-state index contributed by atoms with van der Waals surface area (Å²) in [7, 11) is 1.81. The number of halogens is 1. The number of para-hydroxylation sites is 1. The normalized spacial score (nSPS) is 14.2. The highest BCUT2D eigenvalue weighted by Gasteiger charge is 2.21. The van der Waals surface area contributed by atoms with Crippen LogP contribution in [0.15, 0.2) is 29.3 Å². The van der Waals surface area contributed by atoms with E-state index in [1.165, 1.54) is 12.8 Å². The molecule has 1 aromatic carbocycles. The van der Waals surface area contributed by atoms with Gasteiger partial charge in [0.1, 0.15) is 12.4 Å². The molecule has 0 unspecified atom stereocenters. The van der Waals surface area contributed by atoms with E-state index >= 15 is 0 Å². The molecule has 0 saturated heterocycles. The molecule has 0 amide bonds. The zero-order chi connectivity index (χ0) is 17.2. The van der Waals surface area contributed by atoms with Crippen LogP contribution in [-0.4, -0.2) is 50.7 Å². The van der Waals surface area contributed by atoms with Crippen molar-refractivity contribution in [1.29, 1.82) is 0 Å². The predicted octanol–water partition coefficient (Wildman–Crippen LogP) is 3.10. The number of hydrogen-bond donors (Lipinski definition) is 2. The molecule has 142 valence electrons. The lowest BCUT2D eigenvalue weighted by Gasteiger charge is -2.19. The van der Waals surface area contributed by atoms with Crippen molar-refractivity contribution < 1.29 is 4.74 Å². The molecule has 25 heavy (non-hydrogen) atoms. The lowest BCUT2D eigenvalue weighted by atomic mass is 10.2. The molecular weight excluding hydrogens is 427 g/mol. The van der Waals surface area contributed by atoms with Gasteiger partial charge in [0.15, 0.2) is 5.96 Å². The summed E-state index contributed by atoms with van der Waals surface area (Å²) in [6.07, 6.45) is 2.68. The Morgan fingerprint density at radius 1 is 1.20 bits per heavy atom. The van der Waals surface area contributed by atoms with Crippen LogP contribution in [0.4, 0.5) is 0 Å². The van der Waals surface area contributed by atoms with E-state index in [0.717, 1.165) is 49.4 Å². The van der Waals surface area contributed by atoms with Gasteiger partial charge in [0.2, 0.25) is 0 Å². The number of aliphatic imine (C=N–C) groups is 1. The minimum Gasteiger partial charge on any atom is -0.492 e. The van der Waals surface area contributed by atoms with Gasteiger partial charge in [0.05, 0.1) is 0 Å². The van der Waals surface area contributed by atoms with Crippen molar-refractivity contribution in [2.75, 3.05) is 39.8 Å². The summed E-state index contributed by atoms with van der Waals surface area (Å²) in [4.78, 5) is 6.65. The number of likely N-dealkylation sites (N-methyl/N-ethyl adjacent to an activating group) is 1. The van der Waals surface area contributed by atoms with Gasteiger partial charge in [-0.25, -0.2) is 0 Å². The molecule has 0 aliphatic heterocycles. The maximum atomic E-state index is 6.00. The molecule has 1 aliphatic rings. The van der Waals surface area contributed by atoms with Crippen LogP contribution in [0.25, 0.3) is 0 Å². The molecule has 1 fully saturated rings. The van der Waals surface area contributed by atoms with Crippen molar-refractivity contribution in [1.82, 2.24) is 15.5 Å². The third-order valence-electron chi connectivity index (χ3n) is 4.46. The van der Waals surface area contributed by atoms with E-state index in [0.29, 0.717) is 13.2 Å². The SMILES string of the molecule is CCN(CC)CCOc1ccccc1CNC(=NC)NCC1CC1.I. The van der Waals surface area contributed by atoms with Crippen molar-refractivity contribution in [3.8, 4) is 5.75 Å². The van der Waals surface area contributed by atoms with E-state index in [9.17, 15) is 0 Å². The summed E-state index contributed by atoms with van der Waals surface area (Å²) >= 11 is 0. The van der Waals surface area contributed by atoms with E-state index in [4.69, 9.17) is 4.74 Å². The number of hydrogen-bond acceptors (Lipinski definition) is 3. The second-order valence-electron chi connectivity index (χ2n) is 6.23. The van der Waals surface area contributed by atoms with Crippen LogP contribution in [0.2, 0.25) is 0 Å². The fourth-order valence-electron chi connectivity index (χ4n) is 2.58. The summed E-state index contributed by atoms with van der Waals surface area (Å²) in [5.41, 5.74) is 1.16. The standard InChI is InChI=1S/C19H32N4O.HI/c1-4-23(5-2)12-13-24-18-9-7-6-8-17(18)15-22-19(20-3)21-14-16-10-11-16;/h6-9,16H,4-5,10-15H2,1-3H3,(H2,20,21,22);1H. The predicted molar refractivity (Wildman–Crippen MR) is 116 cm³/mol. The van der Waals surface area contributed by atoms with Crippen LogP contribution in [0, 0.1) is 5.92 Å². The summed E-state index contributed by atoms with van der Waals surface area (Å²) in [5, 5.41) is 6.77. The van der Waals surface area contributed by atoms with E-state index in [1.807, 2.05) is 19.2 Å². The van der Waals surface area contributed by atoms with Gasteiger partial charge < -0.3 is 20.3 Å². The molecule has 2 N–H and O–H groups in total. The highest BCUT2D eigenvalue weighted by molar-refractivity contribution is 14.0. The van der Waals surface area contributed by atoms with Crippen LogP contribution in [-0.2, 0) is 6.54 Å². The Morgan fingerprint density at radius 3 is 2.56 bits per heavy atom. The quantitative estimate of drug-likeness (QED) is 0.320. The first-order valence-electron chi connectivity index (χ1n) is 9.14. The monoisotopic (exact) mass is 460 g/mol. The Labute approximate surface area is 169 Å². The molecule has 1 aromatic rings. The topological polar surface area (TPSA) is 48.9 Å². The summed E-state index contributed by atoms with van der Waals surface area (Å²) < 4.78 is 6.00. The minimum atomic E-state index is 0. The van der Waals surface area contributed by atoms with E-state index < -0.39 is 0 Å². The molecule has 5 nitrogen and oxygen atoms in total. The van der Waals surface area contributed by atoms with Crippen LogP contribution < -0.4 is 15.4 Å². The number of guanidine groups is 1. The molecule has 0 bridgehead atoms. The lowest BCUT2D eigenvalue weighted by molar-refractivity contribution is 0.221. The van der Waals surface area contributed by atoms with Crippen LogP contribution in [0.5, 0.6) is 5.75 Å². The van der Waals surface area contributed by atoms with E-state index in [2.05, 4.69) is 46.5 Å². The molecule has 2 rings (SSSR count). The van der Waals surface area contributed by atoms with Crippen molar-refractivity contribution in [2.45, 2.75) is 33.2 Å². The van der Waals surface area contributed by atoms with Gasteiger partial charge in [-0.1, -0.05) is 32.0 Å². The molecule has 1 aliphatic carbocycles. The Hall–Kier alpha value is -1.02. The Balaban J connectivity index is 0.00000312. The lowest BCUT2D eigenvalue weighted by Crippen LogP contribution is -2.38. The molecule has 0 aromatic heterocycles. The average Bonchev–Trinajstić information content (AvgIpc) is 3.44. The number of nitrogens with zero attached hydrogens (tertiary/aromatic N) is 2. The Morgan fingerprint density at radius 2 is 1.92 bits per heavy atom. The van der Waals surface area contributed by atoms with E-state index in [-0.39, 0.29) is 24.0 Å². The fourth-order valence-corrected chi connectivity index (χ4v) is 2.58. The van der Waals surface area contributed by atoms with Gasteiger partial charge in [-0.05, 0) is 37.9 Å². The van der Waals surface area contributed by atoms with Gasteiger partial charge in [-0.3, -0.25) is 4.99 Å². The highest BCUT2D eigenvalue weighted by Crippen LogP contribution is 2.27. The van der Waals surface area contributed by atoms with Crippen molar-refractivity contribution in [3.05, 3.63) is 29.8 Å². The van der Waals surface area contributed by atoms with Crippen molar-refractivity contribution in [3.63, 3.8) is 0 Å². The van der Waals surface area contributed by atoms with Gasteiger partial charge in [-0.15, -0.1) is 24.0 Å². The van der Waals surface area contributed by atoms with Crippen LogP contribution >= 0.6 is 24.0 Å². The van der Waals surface area contributed by atoms with Crippen LogP contribution in [0.3, 0.4) is 0 Å². The smallest absolute Gasteiger partial charge is 0.191 e. The minimum absolute atomic E-state index is 0.